The van der Waals surface area contributed by atoms with E-state index in [9.17, 15) is 38.4 Å². The quantitative estimate of drug-likeness (QED) is 0.199. The molecule has 3 rings (SSSR count). The molecule has 0 aromatic rings. The number of rotatable bonds is 8. The van der Waals surface area contributed by atoms with Crippen molar-refractivity contribution in [1.29, 1.82) is 0 Å². The first-order valence-corrected chi connectivity index (χ1v) is 18.9. The van der Waals surface area contributed by atoms with Gasteiger partial charge in [0.15, 0.2) is 0 Å². The zero-order valence-corrected chi connectivity index (χ0v) is 33.2. The van der Waals surface area contributed by atoms with Crippen LogP contribution in [0.25, 0.3) is 0 Å². The third kappa shape index (κ3) is 13.0. The Morgan fingerprint density at radius 1 is 0.764 bits per heavy atom. The molecular formula is C36H59N7O12. The standard InChI is InChI=1S/C36H59N7O12/c1-20(2)25-28(46)38-26(21(3)4)29(47)41-32(30(48)37-19-24(44)52-8)53-17-9-10-18-54-33(31(49)39-25)40-27(45)22-13-11-15-42(22)34(50)23-14-12-16-43(23)35(51)55-36(5,6)7/h20-23,25-26,32-33H,9-19H2,1-8H3,(H,37,48)(H,38,46)(H,39,49)(H,40,45)(H,41,47)/t22-,23-,25-,26-,32?,33?/m0/s1. The Hall–Kier alpha value is -4.52. The highest BCUT2D eigenvalue weighted by Gasteiger charge is 2.44. The molecule has 310 valence electrons. The molecule has 3 heterocycles. The van der Waals surface area contributed by atoms with Gasteiger partial charge in [-0.15, -0.1) is 0 Å². The summed E-state index contributed by atoms with van der Waals surface area (Å²) in [5.74, 6) is -5.79. The van der Waals surface area contributed by atoms with E-state index in [1.807, 2.05) is 0 Å². The van der Waals surface area contributed by atoms with Crippen molar-refractivity contribution in [1.82, 2.24) is 36.4 Å². The Morgan fingerprint density at radius 3 is 1.89 bits per heavy atom. The molecule has 5 N–H and O–H groups in total. The van der Waals surface area contributed by atoms with Gasteiger partial charge in [0, 0.05) is 26.3 Å². The van der Waals surface area contributed by atoms with Gasteiger partial charge in [0.2, 0.25) is 36.1 Å². The van der Waals surface area contributed by atoms with Crippen molar-refractivity contribution in [3.8, 4) is 0 Å². The van der Waals surface area contributed by atoms with Gasteiger partial charge in [-0.25, -0.2) is 4.79 Å². The number of esters is 1. The van der Waals surface area contributed by atoms with Gasteiger partial charge in [-0.1, -0.05) is 27.7 Å². The van der Waals surface area contributed by atoms with Crippen molar-refractivity contribution in [3.63, 3.8) is 0 Å². The number of hydrogen-bond acceptors (Lipinski definition) is 12. The van der Waals surface area contributed by atoms with Gasteiger partial charge < -0.3 is 50.4 Å². The second-order valence-corrected chi connectivity index (χ2v) is 15.5. The molecule has 19 heteroatoms. The lowest BCUT2D eigenvalue weighted by Crippen LogP contribution is -2.61. The molecule has 0 aliphatic carbocycles. The summed E-state index contributed by atoms with van der Waals surface area (Å²) in [6.07, 6.45) is -1.29. The molecule has 0 spiro atoms. The number of likely N-dealkylation sites (tertiary alicyclic amines) is 2. The van der Waals surface area contributed by atoms with Gasteiger partial charge in [-0.05, 0) is 71.1 Å². The summed E-state index contributed by atoms with van der Waals surface area (Å²) in [5.41, 5.74) is -0.757. The average Bonchev–Trinajstić information content (AvgIpc) is 3.81. The van der Waals surface area contributed by atoms with Crippen LogP contribution in [0.4, 0.5) is 4.79 Å². The molecule has 0 aromatic heterocycles. The second-order valence-electron chi connectivity index (χ2n) is 15.5. The zero-order chi connectivity index (χ0) is 41.0. The summed E-state index contributed by atoms with van der Waals surface area (Å²) in [6, 6.07) is -4.09. The average molecular weight is 782 g/mol. The second kappa shape index (κ2) is 20.4. The first-order valence-electron chi connectivity index (χ1n) is 18.9. The number of methoxy groups -OCH3 is 1. The molecule has 7 amide bonds. The van der Waals surface area contributed by atoms with E-state index in [1.165, 1.54) is 9.80 Å². The number of hydrogen-bond donors (Lipinski definition) is 5. The molecule has 0 aromatic carbocycles. The van der Waals surface area contributed by atoms with E-state index in [0.29, 0.717) is 38.6 Å². The van der Waals surface area contributed by atoms with Crippen LogP contribution in [0.1, 0.15) is 87.0 Å². The van der Waals surface area contributed by atoms with Gasteiger partial charge in [0.25, 0.3) is 11.8 Å². The van der Waals surface area contributed by atoms with Gasteiger partial charge in [-0.3, -0.25) is 38.5 Å². The molecule has 6 atom stereocenters. The van der Waals surface area contributed by atoms with Crippen LogP contribution < -0.4 is 26.6 Å². The van der Waals surface area contributed by atoms with Crippen molar-refractivity contribution < 1.29 is 57.3 Å². The molecule has 0 saturated carbocycles. The lowest BCUT2D eigenvalue weighted by atomic mass is 9.99. The SMILES string of the molecule is COC(=O)CNC(=O)C1NC(=O)[C@H](C(C)C)NC(=O)[C@H](C(C)C)NC(=O)C(NC(=O)[C@@H]2CCCN2C(=O)[C@@H]2CCCN2C(=O)OC(C)(C)C)OCCCCO1. The molecule has 3 saturated heterocycles. The first kappa shape index (κ1) is 44.9. The van der Waals surface area contributed by atoms with Crippen molar-refractivity contribution in [2.75, 3.05) is 40.0 Å². The third-order valence-corrected chi connectivity index (χ3v) is 9.26. The van der Waals surface area contributed by atoms with E-state index in [1.54, 1.807) is 48.5 Å². The molecule has 55 heavy (non-hydrogen) atoms. The van der Waals surface area contributed by atoms with E-state index in [0.717, 1.165) is 7.11 Å². The zero-order valence-electron chi connectivity index (χ0n) is 33.2. The van der Waals surface area contributed by atoms with Gasteiger partial charge in [0.05, 0.1) is 7.11 Å². The highest BCUT2D eigenvalue weighted by atomic mass is 16.6. The van der Waals surface area contributed by atoms with Crippen molar-refractivity contribution in [3.05, 3.63) is 0 Å². The Kier molecular flexibility index (Phi) is 16.7. The number of carbonyl (C=O) groups excluding carboxylic acids is 8. The first-order chi connectivity index (χ1) is 25.8. The van der Waals surface area contributed by atoms with Crippen LogP contribution in [-0.4, -0.2) is 139 Å². The van der Waals surface area contributed by atoms with Gasteiger partial charge >= 0.3 is 12.1 Å². The largest absolute Gasteiger partial charge is 0.468 e. The molecule has 3 fully saturated rings. The summed E-state index contributed by atoms with van der Waals surface area (Å²) in [5, 5.41) is 12.8. The summed E-state index contributed by atoms with van der Waals surface area (Å²) in [7, 11) is 1.16. The van der Waals surface area contributed by atoms with Crippen molar-refractivity contribution >= 4 is 47.5 Å². The number of ether oxygens (including phenoxy) is 4. The molecule has 19 nitrogen and oxygen atoms in total. The molecule has 3 aliphatic heterocycles. The predicted octanol–water partition coefficient (Wildman–Crippen LogP) is -0.341. The monoisotopic (exact) mass is 781 g/mol. The summed E-state index contributed by atoms with van der Waals surface area (Å²) in [6.45, 7) is 12.0. The van der Waals surface area contributed by atoms with E-state index in [-0.39, 0.29) is 32.1 Å². The van der Waals surface area contributed by atoms with Gasteiger partial charge in [-0.2, -0.15) is 0 Å². The van der Waals surface area contributed by atoms with Crippen LogP contribution in [0.15, 0.2) is 0 Å². The minimum absolute atomic E-state index is 0.0576. The molecule has 0 bridgehead atoms. The number of amides is 7. The Bertz CT molecular complexity index is 1420. The minimum Gasteiger partial charge on any atom is -0.468 e. The molecule has 2 unspecified atom stereocenters. The molecule has 0 radical (unpaired) electrons. The van der Waals surface area contributed by atoms with Crippen LogP contribution in [0.3, 0.4) is 0 Å². The van der Waals surface area contributed by atoms with Crippen LogP contribution in [0, 0.1) is 11.8 Å². The Labute approximate surface area is 322 Å². The van der Waals surface area contributed by atoms with E-state index in [2.05, 4.69) is 31.3 Å². The maximum atomic E-state index is 13.8. The third-order valence-electron chi connectivity index (χ3n) is 9.26. The number of carbonyl (C=O) groups is 8. The predicted molar refractivity (Wildman–Crippen MR) is 194 cm³/mol. The maximum Gasteiger partial charge on any atom is 0.410 e. The fourth-order valence-electron chi connectivity index (χ4n) is 6.34. The van der Waals surface area contributed by atoms with E-state index < -0.39 is 102 Å². The van der Waals surface area contributed by atoms with Crippen molar-refractivity contribution in [2.24, 2.45) is 11.8 Å². The van der Waals surface area contributed by atoms with Crippen molar-refractivity contribution in [2.45, 2.75) is 129 Å². The van der Waals surface area contributed by atoms with Crippen LogP contribution in [0.5, 0.6) is 0 Å². The number of nitrogens with zero attached hydrogens (tertiary/aromatic N) is 2. The lowest BCUT2D eigenvalue weighted by molar-refractivity contribution is -0.148. The lowest BCUT2D eigenvalue weighted by Gasteiger charge is -2.33. The Balaban J connectivity index is 1.80. The highest BCUT2D eigenvalue weighted by Crippen LogP contribution is 2.27. The van der Waals surface area contributed by atoms with E-state index in [4.69, 9.17) is 14.2 Å². The normalized spacial score (nSPS) is 26.2. The fraction of sp³-hybridized carbons (Fsp3) is 0.778. The smallest absolute Gasteiger partial charge is 0.410 e. The number of nitrogens with one attached hydrogen (secondary N) is 5. The van der Waals surface area contributed by atoms with E-state index >= 15 is 0 Å². The van der Waals surface area contributed by atoms with Crippen LogP contribution >= 0.6 is 0 Å². The minimum atomic E-state index is -1.57. The topological polar surface area (TPSA) is 240 Å². The maximum absolute atomic E-state index is 13.8. The van der Waals surface area contributed by atoms with Crippen LogP contribution in [-0.2, 0) is 52.5 Å². The highest BCUT2D eigenvalue weighted by molar-refractivity contribution is 5.97. The summed E-state index contributed by atoms with van der Waals surface area (Å²) in [4.78, 5) is 109. The summed E-state index contributed by atoms with van der Waals surface area (Å²) >= 11 is 0. The Morgan fingerprint density at radius 2 is 1.31 bits per heavy atom. The van der Waals surface area contributed by atoms with Crippen LogP contribution in [0.2, 0.25) is 0 Å². The fourth-order valence-corrected chi connectivity index (χ4v) is 6.34. The summed E-state index contributed by atoms with van der Waals surface area (Å²) < 4.78 is 21.6. The van der Waals surface area contributed by atoms with Gasteiger partial charge in [0.1, 0.15) is 36.3 Å². The molecular weight excluding hydrogens is 722 g/mol. The molecule has 3 aliphatic rings.